The molecule has 0 saturated heterocycles. The van der Waals surface area contributed by atoms with E-state index in [9.17, 15) is 0 Å². The second-order valence-electron chi connectivity index (χ2n) is 5.04. The summed E-state index contributed by atoms with van der Waals surface area (Å²) in [6.45, 7) is 15.1. The van der Waals surface area contributed by atoms with Gasteiger partial charge in [0, 0.05) is 31.4 Å². The van der Waals surface area contributed by atoms with Crippen molar-refractivity contribution < 1.29 is 0 Å². The van der Waals surface area contributed by atoms with Crippen LogP contribution in [0.3, 0.4) is 0 Å². The van der Waals surface area contributed by atoms with Crippen LogP contribution in [0.1, 0.15) is 39.0 Å². The van der Waals surface area contributed by atoms with Gasteiger partial charge in [0.15, 0.2) is 0 Å². The molecule has 0 fully saturated rings. The summed E-state index contributed by atoms with van der Waals surface area (Å²) in [5.74, 6) is 1.06. The maximum absolute atomic E-state index is 4.72. The van der Waals surface area contributed by atoms with Gasteiger partial charge in [0.1, 0.15) is 5.82 Å². The van der Waals surface area contributed by atoms with E-state index in [2.05, 4.69) is 56.6 Å². The fourth-order valence-corrected chi connectivity index (χ4v) is 1.94. The van der Waals surface area contributed by atoms with E-state index >= 15 is 0 Å². The zero-order valence-corrected chi connectivity index (χ0v) is 12.7. The molecule has 0 atom stereocenters. The van der Waals surface area contributed by atoms with Crippen LogP contribution >= 0.6 is 0 Å². The van der Waals surface area contributed by atoms with E-state index in [4.69, 9.17) is 4.98 Å². The highest BCUT2D eigenvalue weighted by Crippen LogP contribution is 2.16. The van der Waals surface area contributed by atoms with Crippen molar-refractivity contribution in [1.29, 1.82) is 0 Å². The minimum absolute atomic E-state index is 0.497. The second kappa shape index (κ2) is 7.95. The Kier molecular flexibility index (Phi) is 6.57. The number of rotatable bonds is 8. The molecular weight excluding hydrogens is 234 g/mol. The zero-order valence-electron chi connectivity index (χ0n) is 12.7. The molecule has 1 heterocycles. The fraction of sp³-hybridized carbons (Fsp3) is 0.562. The SMILES string of the molecule is C=CCN(CC)c1cc(CNC(C)C)cc(CC)n1. The Labute approximate surface area is 117 Å². The molecule has 0 bridgehead atoms. The number of aromatic nitrogens is 1. The number of hydrogen-bond donors (Lipinski definition) is 1. The van der Waals surface area contributed by atoms with Crippen molar-refractivity contribution in [3.63, 3.8) is 0 Å². The predicted octanol–water partition coefficient (Wildman–Crippen LogP) is 3.15. The molecule has 1 aromatic rings. The van der Waals surface area contributed by atoms with Gasteiger partial charge in [-0.2, -0.15) is 0 Å². The van der Waals surface area contributed by atoms with E-state index in [1.807, 2.05) is 6.08 Å². The first-order chi connectivity index (χ1) is 9.10. The number of hydrogen-bond acceptors (Lipinski definition) is 3. The first kappa shape index (κ1) is 15.7. The number of aryl methyl sites for hydroxylation is 1. The summed E-state index contributed by atoms with van der Waals surface area (Å²) in [5.41, 5.74) is 2.46. The van der Waals surface area contributed by atoms with Crippen LogP contribution in [0.25, 0.3) is 0 Å². The van der Waals surface area contributed by atoms with Crippen LogP contribution in [-0.4, -0.2) is 24.1 Å². The van der Waals surface area contributed by atoms with Crippen LogP contribution in [0, 0.1) is 0 Å². The van der Waals surface area contributed by atoms with Gasteiger partial charge in [-0.3, -0.25) is 0 Å². The molecule has 0 unspecified atom stereocenters. The molecule has 3 heteroatoms. The quantitative estimate of drug-likeness (QED) is 0.729. The molecule has 19 heavy (non-hydrogen) atoms. The zero-order chi connectivity index (χ0) is 14.3. The first-order valence-electron chi connectivity index (χ1n) is 7.19. The van der Waals surface area contributed by atoms with E-state index in [1.165, 1.54) is 5.56 Å². The van der Waals surface area contributed by atoms with E-state index in [1.54, 1.807) is 0 Å². The van der Waals surface area contributed by atoms with Crippen LogP contribution in [0.4, 0.5) is 5.82 Å². The third kappa shape index (κ3) is 5.03. The van der Waals surface area contributed by atoms with Gasteiger partial charge in [-0.15, -0.1) is 6.58 Å². The minimum atomic E-state index is 0.497. The highest BCUT2D eigenvalue weighted by atomic mass is 15.2. The molecule has 0 radical (unpaired) electrons. The average Bonchev–Trinajstić information content (AvgIpc) is 2.42. The molecule has 0 aliphatic heterocycles. The summed E-state index contributed by atoms with van der Waals surface area (Å²) >= 11 is 0. The van der Waals surface area contributed by atoms with Gasteiger partial charge >= 0.3 is 0 Å². The fourth-order valence-electron chi connectivity index (χ4n) is 1.94. The van der Waals surface area contributed by atoms with Gasteiger partial charge in [0.05, 0.1) is 0 Å². The molecule has 0 aliphatic carbocycles. The molecule has 0 amide bonds. The van der Waals surface area contributed by atoms with Crippen LogP contribution in [-0.2, 0) is 13.0 Å². The standard InChI is InChI=1S/C16H27N3/c1-6-9-19(8-3)16-11-14(12-17-13(4)5)10-15(7-2)18-16/h6,10-11,13,17H,1,7-9,12H2,2-5H3. The normalized spacial score (nSPS) is 10.8. The van der Waals surface area contributed by atoms with Crippen molar-refractivity contribution in [2.45, 2.75) is 46.7 Å². The molecule has 106 valence electrons. The number of pyridine rings is 1. The maximum Gasteiger partial charge on any atom is 0.129 e. The maximum atomic E-state index is 4.72. The Morgan fingerprint density at radius 3 is 2.63 bits per heavy atom. The van der Waals surface area contributed by atoms with Crippen molar-refractivity contribution >= 4 is 5.82 Å². The van der Waals surface area contributed by atoms with Crippen molar-refractivity contribution in [3.05, 3.63) is 36.0 Å². The van der Waals surface area contributed by atoms with E-state index < -0.39 is 0 Å². The molecule has 1 aromatic heterocycles. The van der Waals surface area contributed by atoms with Gasteiger partial charge in [-0.05, 0) is 31.0 Å². The summed E-state index contributed by atoms with van der Waals surface area (Å²) < 4.78 is 0. The smallest absolute Gasteiger partial charge is 0.129 e. The largest absolute Gasteiger partial charge is 0.353 e. The highest BCUT2D eigenvalue weighted by Gasteiger charge is 2.08. The van der Waals surface area contributed by atoms with Crippen molar-refractivity contribution in [2.75, 3.05) is 18.0 Å². The van der Waals surface area contributed by atoms with E-state index in [-0.39, 0.29) is 0 Å². The summed E-state index contributed by atoms with van der Waals surface area (Å²) in [6.07, 6.45) is 2.89. The molecule has 0 aliphatic rings. The molecule has 1 N–H and O–H groups in total. The Balaban J connectivity index is 2.96. The van der Waals surface area contributed by atoms with Crippen LogP contribution in [0.5, 0.6) is 0 Å². The molecule has 1 rings (SSSR count). The van der Waals surface area contributed by atoms with Gasteiger partial charge in [0.2, 0.25) is 0 Å². The molecule has 0 aromatic carbocycles. The third-order valence-electron chi connectivity index (χ3n) is 3.06. The topological polar surface area (TPSA) is 28.2 Å². The Bertz CT molecular complexity index is 399. The van der Waals surface area contributed by atoms with Gasteiger partial charge in [-0.25, -0.2) is 4.98 Å². The number of likely N-dealkylation sites (N-methyl/N-ethyl adjacent to an activating group) is 1. The number of nitrogens with one attached hydrogen (secondary N) is 1. The predicted molar refractivity (Wildman–Crippen MR) is 83.7 cm³/mol. The highest BCUT2D eigenvalue weighted by molar-refractivity contribution is 5.43. The molecule has 3 nitrogen and oxygen atoms in total. The van der Waals surface area contributed by atoms with Crippen molar-refractivity contribution in [3.8, 4) is 0 Å². The number of anilines is 1. The van der Waals surface area contributed by atoms with Gasteiger partial charge in [-0.1, -0.05) is 26.8 Å². The van der Waals surface area contributed by atoms with Crippen LogP contribution in [0.15, 0.2) is 24.8 Å². The molecule has 0 spiro atoms. The van der Waals surface area contributed by atoms with E-state index in [0.717, 1.165) is 37.6 Å². The minimum Gasteiger partial charge on any atom is -0.353 e. The molecular formula is C16H27N3. The van der Waals surface area contributed by atoms with Crippen LogP contribution in [0.2, 0.25) is 0 Å². The second-order valence-corrected chi connectivity index (χ2v) is 5.04. The lowest BCUT2D eigenvalue weighted by Gasteiger charge is -2.22. The van der Waals surface area contributed by atoms with Crippen LogP contribution < -0.4 is 10.2 Å². The lowest BCUT2D eigenvalue weighted by atomic mass is 10.1. The molecule has 0 saturated carbocycles. The Hall–Kier alpha value is -1.35. The number of nitrogens with zero attached hydrogens (tertiary/aromatic N) is 2. The summed E-state index contributed by atoms with van der Waals surface area (Å²) in [5, 5.41) is 3.46. The summed E-state index contributed by atoms with van der Waals surface area (Å²) in [4.78, 5) is 6.96. The Morgan fingerprint density at radius 2 is 2.11 bits per heavy atom. The summed E-state index contributed by atoms with van der Waals surface area (Å²) in [6, 6.07) is 4.87. The average molecular weight is 261 g/mol. The van der Waals surface area contributed by atoms with Crippen molar-refractivity contribution in [1.82, 2.24) is 10.3 Å². The van der Waals surface area contributed by atoms with Crippen molar-refractivity contribution in [2.24, 2.45) is 0 Å². The third-order valence-corrected chi connectivity index (χ3v) is 3.06. The van der Waals surface area contributed by atoms with Gasteiger partial charge < -0.3 is 10.2 Å². The Morgan fingerprint density at radius 1 is 1.37 bits per heavy atom. The summed E-state index contributed by atoms with van der Waals surface area (Å²) in [7, 11) is 0. The van der Waals surface area contributed by atoms with E-state index in [0.29, 0.717) is 6.04 Å². The monoisotopic (exact) mass is 261 g/mol. The first-order valence-corrected chi connectivity index (χ1v) is 7.19. The lowest BCUT2D eigenvalue weighted by Crippen LogP contribution is -2.25. The lowest BCUT2D eigenvalue weighted by molar-refractivity contribution is 0.588. The van der Waals surface area contributed by atoms with Gasteiger partial charge in [0.25, 0.3) is 0 Å².